The van der Waals surface area contributed by atoms with E-state index in [4.69, 9.17) is 5.73 Å². The van der Waals surface area contributed by atoms with Crippen LogP contribution in [0.4, 0.5) is 5.69 Å². The monoisotopic (exact) mass is 258 g/mol. The van der Waals surface area contributed by atoms with Gasteiger partial charge < -0.3 is 16.4 Å². The Morgan fingerprint density at radius 3 is 2.71 bits per heavy atom. The molecule has 94 valence electrons. The number of rotatable bonds is 4. The second kappa shape index (κ2) is 7.45. The Bertz CT molecular complexity index is 398. The summed E-state index contributed by atoms with van der Waals surface area (Å²) in [6.45, 7) is 2.27. The van der Waals surface area contributed by atoms with Crippen molar-refractivity contribution < 1.29 is 9.59 Å². The van der Waals surface area contributed by atoms with Crippen LogP contribution in [0.5, 0.6) is 0 Å². The van der Waals surface area contributed by atoms with E-state index in [0.29, 0.717) is 12.2 Å². The number of aromatic nitrogens is 1. The highest BCUT2D eigenvalue weighted by Gasteiger charge is 2.10. The average Bonchev–Trinajstić information content (AvgIpc) is 2.27. The first-order valence-electron chi connectivity index (χ1n) is 4.89. The summed E-state index contributed by atoms with van der Waals surface area (Å²) in [6.07, 6.45) is 2.86. The van der Waals surface area contributed by atoms with Gasteiger partial charge in [-0.15, -0.1) is 12.4 Å². The topological polar surface area (TPSA) is 97.1 Å². The summed E-state index contributed by atoms with van der Waals surface area (Å²) in [5.74, 6) is -0.643. The number of amides is 2. The first-order chi connectivity index (χ1) is 7.65. The van der Waals surface area contributed by atoms with Gasteiger partial charge in [0.1, 0.15) is 0 Å². The minimum Gasteiger partial charge on any atom is -0.398 e. The summed E-state index contributed by atoms with van der Waals surface area (Å²) in [5, 5.41) is 5.02. The van der Waals surface area contributed by atoms with E-state index in [1.54, 1.807) is 6.92 Å². The van der Waals surface area contributed by atoms with Gasteiger partial charge in [-0.25, -0.2) is 0 Å². The smallest absolute Gasteiger partial charge is 0.255 e. The zero-order chi connectivity index (χ0) is 12.0. The predicted molar refractivity (Wildman–Crippen MR) is 66.9 cm³/mol. The highest BCUT2D eigenvalue weighted by atomic mass is 35.5. The number of carbonyl (C=O) groups excluding carboxylic acids is 2. The first kappa shape index (κ1) is 15.2. The summed E-state index contributed by atoms with van der Waals surface area (Å²) in [5.41, 5.74) is 6.19. The molecular weight excluding hydrogens is 244 g/mol. The van der Waals surface area contributed by atoms with Crippen LogP contribution >= 0.6 is 12.4 Å². The lowest BCUT2D eigenvalue weighted by molar-refractivity contribution is -0.120. The average molecular weight is 259 g/mol. The van der Waals surface area contributed by atoms with E-state index in [1.165, 1.54) is 18.5 Å². The molecule has 7 heteroatoms. The molecule has 0 aliphatic carbocycles. The highest BCUT2D eigenvalue weighted by Crippen LogP contribution is 2.07. The van der Waals surface area contributed by atoms with Crippen LogP contribution in [0.3, 0.4) is 0 Å². The zero-order valence-corrected chi connectivity index (χ0v) is 10.2. The van der Waals surface area contributed by atoms with Crippen molar-refractivity contribution in [1.29, 1.82) is 0 Å². The number of nitrogen functional groups attached to an aromatic ring is 1. The van der Waals surface area contributed by atoms with Crippen LogP contribution in [-0.4, -0.2) is 29.9 Å². The fraction of sp³-hybridized carbons (Fsp3) is 0.300. The lowest BCUT2D eigenvalue weighted by Gasteiger charge is -2.06. The number of carbonyl (C=O) groups is 2. The molecule has 0 saturated heterocycles. The van der Waals surface area contributed by atoms with Crippen LogP contribution in [0.2, 0.25) is 0 Å². The number of nitrogens with one attached hydrogen (secondary N) is 2. The Morgan fingerprint density at radius 2 is 2.12 bits per heavy atom. The van der Waals surface area contributed by atoms with E-state index in [1.807, 2.05) is 0 Å². The van der Waals surface area contributed by atoms with Gasteiger partial charge in [-0.3, -0.25) is 14.6 Å². The standard InChI is InChI=1S/C10H14N4O2.ClH/c1-2-13-9(15)6-14-10(16)7-5-12-4-3-8(7)11;/h3-5H,2,6H2,1H3,(H2,11,12)(H,13,15)(H,14,16);1H. The van der Waals surface area contributed by atoms with Gasteiger partial charge in [0.15, 0.2) is 0 Å². The largest absolute Gasteiger partial charge is 0.398 e. The van der Waals surface area contributed by atoms with E-state index in [2.05, 4.69) is 15.6 Å². The lowest BCUT2D eigenvalue weighted by atomic mass is 10.2. The summed E-state index contributed by atoms with van der Waals surface area (Å²) in [4.78, 5) is 26.4. The molecule has 4 N–H and O–H groups in total. The third-order valence-electron chi connectivity index (χ3n) is 1.88. The maximum atomic E-state index is 11.6. The van der Waals surface area contributed by atoms with Crippen LogP contribution in [-0.2, 0) is 4.79 Å². The molecule has 2 amide bonds. The van der Waals surface area contributed by atoms with Crippen molar-refractivity contribution in [2.24, 2.45) is 0 Å². The summed E-state index contributed by atoms with van der Waals surface area (Å²) < 4.78 is 0. The molecule has 0 bridgehead atoms. The molecule has 0 aromatic carbocycles. The van der Waals surface area contributed by atoms with Crippen molar-refractivity contribution in [2.45, 2.75) is 6.92 Å². The molecule has 17 heavy (non-hydrogen) atoms. The van der Waals surface area contributed by atoms with E-state index < -0.39 is 5.91 Å². The molecule has 1 aromatic heterocycles. The lowest BCUT2D eigenvalue weighted by Crippen LogP contribution is -2.37. The number of hydrogen-bond donors (Lipinski definition) is 3. The van der Waals surface area contributed by atoms with Crippen molar-refractivity contribution >= 4 is 29.9 Å². The molecule has 0 fully saturated rings. The molecule has 0 radical (unpaired) electrons. The van der Waals surface area contributed by atoms with E-state index in [-0.39, 0.29) is 30.4 Å². The Kier molecular flexibility index (Phi) is 6.65. The molecular formula is C10H15ClN4O2. The van der Waals surface area contributed by atoms with Crippen molar-refractivity contribution in [2.75, 3.05) is 18.8 Å². The second-order valence-electron chi connectivity index (χ2n) is 3.10. The van der Waals surface area contributed by atoms with E-state index >= 15 is 0 Å². The SMILES string of the molecule is CCNC(=O)CNC(=O)c1cnccc1N.Cl. The van der Waals surface area contributed by atoms with Gasteiger partial charge in [-0.05, 0) is 13.0 Å². The molecule has 0 aliphatic rings. The molecule has 0 spiro atoms. The van der Waals surface area contributed by atoms with Crippen molar-refractivity contribution in [3.63, 3.8) is 0 Å². The predicted octanol–water partition coefficient (Wildman–Crippen LogP) is -0.0485. The van der Waals surface area contributed by atoms with Crippen molar-refractivity contribution in [3.8, 4) is 0 Å². The molecule has 0 atom stereocenters. The van der Waals surface area contributed by atoms with Gasteiger partial charge in [0.05, 0.1) is 12.1 Å². The summed E-state index contributed by atoms with van der Waals surface area (Å²) >= 11 is 0. The zero-order valence-electron chi connectivity index (χ0n) is 9.40. The fourth-order valence-corrected chi connectivity index (χ4v) is 1.11. The number of nitrogens with two attached hydrogens (primary N) is 1. The summed E-state index contributed by atoms with van der Waals surface area (Å²) in [7, 11) is 0. The van der Waals surface area contributed by atoms with E-state index in [0.717, 1.165) is 0 Å². The molecule has 6 nitrogen and oxygen atoms in total. The number of nitrogens with zero attached hydrogens (tertiary/aromatic N) is 1. The van der Waals surface area contributed by atoms with Crippen LogP contribution < -0.4 is 16.4 Å². The van der Waals surface area contributed by atoms with Gasteiger partial charge in [-0.2, -0.15) is 0 Å². The maximum absolute atomic E-state index is 11.6. The molecule has 1 rings (SSSR count). The number of likely N-dealkylation sites (N-methyl/N-ethyl adjacent to an activating group) is 1. The van der Waals surface area contributed by atoms with Gasteiger partial charge in [0.25, 0.3) is 5.91 Å². The van der Waals surface area contributed by atoms with Gasteiger partial charge >= 0.3 is 0 Å². The van der Waals surface area contributed by atoms with Crippen LogP contribution in [0, 0.1) is 0 Å². The number of hydrogen-bond acceptors (Lipinski definition) is 4. The molecule has 0 aliphatic heterocycles. The van der Waals surface area contributed by atoms with Crippen LogP contribution in [0.1, 0.15) is 17.3 Å². The molecule has 1 heterocycles. The van der Waals surface area contributed by atoms with E-state index in [9.17, 15) is 9.59 Å². The Balaban J connectivity index is 0.00000256. The summed E-state index contributed by atoms with van der Waals surface area (Å²) in [6, 6.07) is 1.53. The second-order valence-corrected chi connectivity index (χ2v) is 3.10. The third kappa shape index (κ3) is 4.69. The first-order valence-corrected chi connectivity index (χ1v) is 4.89. The molecule has 0 unspecified atom stereocenters. The number of pyridine rings is 1. The number of anilines is 1. The highest BCUT2D eigenvalue weighted by molar-refractivity contribution is 6.00. The van der Waals surface area contributed by atoms with Gasteiger partial charge in [-0.1, -0.05) is 0 Å². The minimum atomic E-state index is -0.406. The van der Waals surface area contributed by atoms with Crippen LogP contribution in [0.15, 0.2) is 18.5 Å². The third-order valence-corrected chi connectivity index (χ3v) is 1.88. The van der Waals surface area contributed by atoms with Crippen LogP contribution in [0.25, 0.3) is 0 Å². The maximum Gasteiger partial charge on any atom is 0.255 e. The van der Waals surface area contributed by atoms with Gasteiger partial charge in [0.2, 0.25) is 5.91 Å². The quantitative estimate of drug-likeness (QED) is 0.705. The molecule has 1 aromatic rings. The number of halogens is 1. The molecule has 0 saturated carbocycles. The Labute approximate surface area is 105 Å². The fourth-order valence-electron chi connectivity index (χ4n) is 1.11. The minimum absolute atomic E-state index is 0. The van der Waals surface area contributed by atoms with Gasteiger partial charge in [0, 0.05) is 24.6 Å². The Hall–Kier alpha value is -1.82. The Morgan fingerprint density at radius 1 is 1.41 bits per heavy atom. The normalized spacial score (nSPS) is 9.00. The van der Waals surface area contributed by atoms with Crippen molar-refractivity contribution in [1.82, 2.24) is 15.6 Å². The van der Waals surface area contributed by atoms with Crippen molar-refractivity contribution in [3.05, 3.63) is 24.0 Å².